The molecule has 38 heavy (non-hydrogen) atoms. The van der Waals surface area contributed by atoms with Crippen LogP contribution in [0.4, 0.5) is 0 Å². The quantitative estimate of drug-likeness (QED) is 0.321. The predicted molar refractivity (Wildman–Crippen MR) is 142 cm³/mol. The Morgan fingerprint density at radius 2 is 1.68 bits per heavy atom. The average molecular weight is 523 g/mol. The van der Waals surface area contributed by atoms with Gasteiger partial charge in [-0.05, 0) is 34.2 Å². The van der Waals surface area contributed by atoms with Crippen molar-refractivity contribution >= 4 is 17.4 Å². The molecule has 2 heterocycles. The van der Waals surface area contributed by atoms with E-state index in [1.54, 1.807) is 23.1 Å². The van der Waals surface area contributed by atoms with Gasteiger partial charge in [-0.2, -0.15) is 0 Å². The molecule has 0 aromatic heterocycles. The van der Waals surface area contributed by atoms with Crippen LogP contribution in [0.1, 0.15) is 49.9 Å². The molecule has 0 saturated carbocycles. The van der Waals surface area contributed by atoms with Crippen LogP contribution in [0, 0.1) is 0 Å². The zero-order valence-electron chi connectivity index (χ0n) is 23.0. The Hall–Kier alpha value is -3.36. The van der Waals surface area contributed by atoms with E-state index in [9.17, 15) is 14.7 Å². The van der Waals surface area contributed by atoms with Crippen LogP contribution in [-0.4, -0.2) is 70.2 Å². The fraction of sp³-hybridized carbons (Fsp3) is 0.467. The molecule has 2 aliphatic heterocycles. The molecule has 4 rings (SSSR count). The van der Waals surface area contributed by atoms with Crippen molar-refractivity contribution in [3.05, 3.63) is 64.7 Å². The van der Waals surface area contributed by atoms with Crippen LogP contribution >= 0.6 is 0 Å². The fourth-order valence-corrected chi connectivity index (χ4v) is 5.16. The second-order valence-corrected chi connectivity index (χ2v) is 10.9. The van der Waals surface area contributed by atoms with E-state index >= 15 is 0 Å². The van der Waals surface area contributed by atoms with Crippen LogP contribution in [0.3, 0.4) is 0 Å². The van der Waals surface area contributed by atoms with Crippen LogP contribution in [0.2, 0.25) is 0 Å². The van der Waals surface area contributed by atoms with E-state index in [0.717, 1.165) is 50.4 Å². The third kappa shape index (κ3) is 5.71. The highest BCUT2D eigenvalue weighted by Gasteiger charge is 2.44. The second-order valence-electron chi connectivity index (χ2n) is 10.9. The lowest BCUT2D eigenvalue weighted by molar-refractivity contribution is -0.908. The van der Waals surface area contributed by atoms with Gasteiger partial charge >= 0.3 is 0 Å². The number of likely N-dealkylation sites (tertiary alicyclic amines) is 1. The summed E-state index contributed by atoms with van der Waals surface area (Å²) in [6.07, 6.45) is 0.725. The number of methoxy groups -OCH3 is 2. The summed E-state index contributed by atoms with van der Waals surface area (Å²) in [5.41, 5.74) is 2.08. The predicted octanol–water partition coefficient (Wildman–Crippen LogP) is 1.53. The number of carbonyl (C=O) groups excluding carboxylic acids is 2. The van der Waals surface area contributed by atoms with Gasteiger partial charge in [0.1, 0.15) is 13.1 Å². The Morgan fingerprint density at radius 1 is 1.03 bits per heavy atom. The second kappa shape index (κ2) is 11.6. The van der Waals surface area contributed by atoms with E-state index in [0.29, 0.717) is 18.0 Å². The number of morpholine rings is 1. The Bertz CT molecular complexity index is 1190. The van der Waals surface area contributed by atoms with Gasteiger partial charge in [-0.15, -0.1) is 0 Å². The monoisotopic (exact) mass is 522 g/mol. The Balaban J connectivity index is 1.72. The number of benzene rings is 2. The minimum absolute atomic E-state index is 0.0237. The summed E-state index contributed by atoms with van der Waals surface area (Å²) < 4.78 is 16.1. The lowest BCUT2D eigenvalue weighted by atomic mass is 9.85. The zero-order chi connectivity index (χ0) is 27.4. The number of rotatable bonds is 8. The largest absolute Gasteiger partial charge is 0.872 e. The molecule has 0 bridgehead atoms. The molecular formula is C30H38N2O6. The van der Waals surface area contributed by atoms with Gasteiger partial charge in [0.05, 0.1) is 40.0 Å². The summed E-state index contributed by atoms with van der Waals surface area (Å²) in [6, 6.07) is 11.9. The van der Waals surface area contributed by atoms with Crippen molar-refractivity contribution in [2.75, 3.05) is 53.6 Å². The maximum atomic E-state index is 13.8. The van der Waals surface area contributed by atoms with E-state index in [1.165, 1.54) is 19.1 Å². The van der Waals surface area contributed by atoms with E-state index in [2.05, 4.69) is 20.8 Å². The van der Waals surface area contributed by atoms with Crippen molar-refractivity contribution in [3.63, 3.8) is 0 Å². The smallest absolute Gasteiger partial charge is 0.295 e. The number of Topliss-reactive ketones (excluding diaryl/α,β-unsaturated/α-hetero) is 1. The van der Waals surface area contributed by atoms with Crippen LogP contribution in [0.15, 0.2) is 48.0 Å². The molecule has 0 aliphatic carbocycles. The highest BCUT2D eigenvalue weighted by molar-refractivity contribution is 6.46. The highest BCUT2D eigenvalue weighted by atomic mass is 16.5. The molecule has 2 aromatic carbocycles. The van der Waals surface area contributed by atoms with E-state index in [4.69, 9.17) is 14.2 Å². The minimum atomic E-state index is -0.746. The molecule has 8 heteroatoms. The molecule has 2 aliphatic rings. The van der Waals surface area contributed by atoms with Gasteiger partial charge in [0.15, 0.2) is 11.5 Å². The number of ketones is 1. The summed E-state index contributed by atoms with van der Waals surface area (Å²) in [5.74, 6) is -0.990. The minimum Gasteiger partial charge on any atom is -0.872 e. The normalized spacial score (nSPS) is 20.1. The number of hydrogen-bond donors (Lipinski definition) is 1. The zero-order valence-corrected chi connectivity index (χ0v) is 23.0. The van der Waals surface area contributed by atoms with Crippen molar-refractivity contribution < 1.29 is 33.8 Å². The van der Waals surface area contributed by atoms with Gasteiger partial charge in [-0.1, -0.05) is 56.9 Å². The first kappa shape index (κ1) is 27.7. The molecule has 2 aromatic rings. The molecule has 0 spiro atoms. The van der Waals surface area contributed by atoms with E-state index in [1.807, 2.05) is 24.3 Å². The number of amides is 1. The Kier molecular flexibility index (Phi) is 8.43. The van der Waals surface area contributed by atoms with Crippen LogP contribution in [0.25, 0.3) is 5.76 Å². The number of quaternary nitrogens is 1. The van der Waals surface area contributed by atoms with Crippen molar-refractivity contribution in [2.24, 2.45) is 0 Å². The number of ether oxygens (including phenoxy) is 3. The lowest BCUT2D eigenvalue weighted by Crippen LogP contribution is -3.14. The first-order valence-electron chi connectivity index (χ1n) is 13.2. The van der Waals surface area contributed by atoms with Crippen molar-refractivity contribution in [1.29, 1.82) is 0 Å². The molecule has 0 radical (unpaired) electrons. The fourth-order valence-electron chi connectivity index (χ4n) is 5.16. The van der Waals surface area contributed by atoms with Crippen LogP contribution in [-0.2, 0) is 19.7 Å². The SMILES string of the molecule is COc1ccc(C([O-])=C2C(=O)C(=O)N(CCC[NH+]3CCOCC3)C2c2ccc(C(C)(C)C)cc2)cc1OC. The van der Waals surface area contributed by atoms with Gasteiger partial charge in [0, 0.05) is 18.5 Å². The van der Waals surface area contributed by atoms with E-state index < -0.39 is 23.5 Å². The van der Waals surface area contributed by atoms with Crippen molar-refractivity contribution in [1.82, 2.24) is 4.90 Å². The van der Waals surface area contributed by atoms with Crippen LogP contribution < -0.4 is 19.5 Å². The first-order chi connectivity index (χ1) is 18.2. The van der Waals surface area contributed by atoms with Crippen LogP contribution in [0.5, 0.6) is 11.5 Å². The summed E-state index contributed by atoms with van der Waals surface area (Å²) in [7, 11) is 3.00. The molecule has 8 nitrogen and oxygen atoms in total. The summed E-state index contributed by atoms with van der Waals surface area (Å²) in [4.78, 5) is 29.6. The number of hydrogen-bond acceptors (Lipinski definition) is 6. The topological polar surface area (TPSA) is 92.6 Å². The molecule has 1 atom stereocenters. The Morgan fingerprint density at radius 3 is 2.29 bits per heavy atom. The summed E-state index contributed by atoms with van der Waals surface area (Å²) in [5, 5.41) is 13.8. The number of nitrogens with zero attached hydrogens (tertiary/aromatic N) is 1. The third-order valence-electron chi connectivity index (χ3n) is 7.40. The van der Waals surface area contributed by atoms with Gasteiger partial charge in [-0.3, -0.25) is 9.59 Å². The maximum Gasteiger partial charge on any atom is 0.295 e. The first-order valence-corrected chi connectivity index (χ1v) is 13.2. The Labute approximate surface area is 224 Å². The van der Waals surface area contributed by atoms with Crippen molar-refractivity contribution in [3.8, 4) is 11.5 Å². The molecule has 204 valence electrons. The molecular weight excluding hydrogens is 484 g/mol. The van der Waals surface area contributed by atoms with Gasteiger partial charge in [-0.25, -0.2) is 0 Å². The molecule has 1 unspecified atom stereocenters. The van der Waals surface area contributed by atoms with Gasteiger partial charge in [0.25, 0.3) is 5.91 Å². The lowest BCUT2D eigenvalue weighted by Gasteiger charge is -2.29. The molecule has 2 saturated heterocycles. The van der Waals surface area contributed by atoms with Gasteiger partial charge in [0.2, 0.25) is 5.78 Å². The van der Waals surface area contributed by atoms with Gasteiger partial charge < -0.3 is 29.1 Å². The van der Waals surface area contributed by atoms with E-state index in [-0.39, 0.29) is 16.6 Å². The standard InChI is InChI=1S/C30H38N2O6/c1-30(2,3)22-10-7-20(8-11-22)26-25(27(33)21-9-12-23(36-4)24(19-21)37-5)28(34)29(35)32(26)14-6-13-31-15-17-38-18-16-31/h7-12,19,26,33H,6,13-18H2,1-5H3. The number of carbonyl (C=O) groups is 2. The molecule has 1 N–H and O–H groups in total. The highest BCUT2D eigenvalue weighted by Crippen LogP contribution is 2.40. The van der Waals surface area contributed by atoms with Crippen molar-refractivity contribution in [2.45, 2.75) is 38.6 Å². The number of nitrogens with one attached hydrogen (secondary N) is 1. The molecule has 1 amide bonds. The third-order valence-corrected chi connectivity index (χ3v) is 7.40. The molecule has 2 fully saturated rings. The summed E-state index contributed by atoms with van der Waals surface area (Å²) >= 11 is 0. The maximum absolute atomic E-state index is 13.8. The average Bonchev–Trinajstić information content (AvgIpc) is 3.17. The summed E-state index contributed by atoms with van der Waals surface area (Å²) in [6.45, 7) is 11.0.